The molecule has 0 spiro atoms. The Labute approximate surface area is 114 Å². The molecule has 0 bridgehead atoms. The monoisotopic (exact) mass is 279 g/mol. The second-order valence-electron chi connectivity index (χ2n) is 3.77. The number of allylic oxidation sites excluding steroid dienone is 1. The fraction of sp³-hybridized carbons (Fsp3) is 0.357. The van der Waals surface area contributed by atoms with Gasteiger partial charge in [0.2, 0.25) is 0 Å². The summed E-state index contributed by atoms with van der Waals surface area (Å²) in [5.41, 5.74) is 1.48. The van der Waals surface area contributed by atoms with Crippen molar-refractivity contribution in [2.75, 3.05) is 19.4 Å². The van der Waals surface area contributed by atoms with Crippen LogP contribution in [0.4, 0.5) is 0 Å². The SMILES string of the molecule is CCOP(=O)(C/C=C/c1cccc(C#N)c1)OCC. The van der Waals surface area contributed by atoms with Crippen molar-refractivity contribution in [3.63, 3.8) is 0 Å². The number of nitriles is 1. The van der Waals surface area contributed by atoms with E-state index in [0.29, 0.717) is 18.8 Å². The summed E-state index contributed by atoms with van der Waals surface area (Å²) < 4.78 is 22.5. The van der Waals surface area contributed by atoms with Crippen molar-refractivity contribution in [3.05, 3.63) is 41.5 Å². The number of benzene rings is 1. The molecule has 0 fully saturated rings. The maximum atomic E-state index is 12.2. The van der Waals surface area contributed by atoms with Gasteiger partial charge in [-0.1, -0.05) is 24.3 Å². The molecule has 1 aromatic rings. The molecule has 1 rings (SSSR count). The molecular weight excluding hydrogens is 261 g/mol. The maximum absolute atomic E-state index is 12.2. The third kappa shape index (κ3) is 5.40. The van der Waals surface area contributed by atoms with Gasteiger partial charge in [-0.05, 0) is 31.5 Å². The van der Waals surface area contributed by atoms with Crippen molar-refractivity contribution >= 4 is 13.7 Å². The Kier molecular flexibility index (Phi) is 6.52. The predicted molar refractivity (Wildman–Crippen MR) is 75.9 cm³/mol. The molecule has 0 aliphatic rings. The first-order valence-corrected chi connectivity index (χ1v) is 7.91. The van der Waals surface area contributed by atoms with Gasteiger partial charge in [-0.3, -0.25) is 4.57 Å². The van der Waals surface area contributed by atoms with Gasteiger partial charge in [-0.25, -0.2) is 0 Å². The van der Waals surface area contributed by atoms with Crippen molar-refractivity contribution in [3.8, 4) is 6.07 Å². The third-order valence-electron chi connectivity index (χ3n) is 2.31. The van der Waals surface area contributed by atoms with Gasteiger partial charge in [-0.15, -0.1) is 0 Å². The summed E-state index contributed by atoms with van der Waals surface area (Å²) in [4.78, 5) is 0. The van der Waals surface area contributed by atoms with E-state index in [-0.39, 0.29) is 6.16 Å². The Morgan fingerprint density at radius 1 is 1.32 bits per heavy atom. The molecule has 5 heteroatoms. The number of rotatable bonds is 7. The first kappa shape index (κ1) is 15.7. The lowest BCUT2D eigenvalue weighted by Crippen LogP contribution is -1.98. The van der Waals surface area contributed by atoms with E-state index in [2.05, 4.69) is 6.07 Å². The van der Waals surface area contributed by atoms with Crippen LogP contribution in [0.2, 0.25) is 0 Å². The number of nitrogens with zero attached hydrogens (tertiary/aromatic N) is 1. The zero-order valence-corrected chi connectivity index (χ0v) is 12.1. The average Bonchev–Trinajstić information content (AvgIpc) is 2.39. The highest BCUT2D eigenvalue weighted by Crippen LogP contribution is 2.47. The van der Waals surface area contributed by atoms with E-state index in [0.717, 1.165) is 5.56 Å². The van der Waals surface area contributed by atoms with E-state index in [1.165, 1.54) is 0 Å². The number of hydrogen-bond acceptors (Lipinski definition) is 4. The van der Waals surface area contributed by atoms with E-state index in [9.17, 15) is 4.57 Å². The molecule has 0 amide bonds. The van der Waals surface area contributed by atoms with Gasteiger partial charge >= 0.3 is 7.60 Å². The normalized spacial score (nSPS) is 11.6. The molecule has 0 saturated carbocycles. The largest absolute Gasteiger partial charge is 0.334 e. The van der Waals surface area contributed by atoms with E-state index in [1.807, 2.05) is 18.2 Å². The molecule has 0 atom stereocenters. The van der Waals surface area contributed by atoms with Gasteiger partial charge in [0, 0.05) is 0 Å². The van der Waals surface area contributed by atoms with Crippen molar-refractivity contribution in [1.82, 2.24) is 0 Å². The van der Waals surface area contributed by atoms with Gasteiger partial charge < -0.3 is 9.05 Å². The fourth-order valence-electron chi connectivity index (χ4n) is 1.57. The lowest BCUT2D eigenvalue weighted by molar-refractivity contribution is 0.222. The third-order valence-corrected chi connectivity index (χ3v) is 4.27. The first-order chi connectivity index (χ1) is 9.13. The Hall–Kier alpha value is -1.40. The summed E-state index contributed by atoms with van der Waals surface area (Å²) in [5, 5.41) is 8.80. The molecule has 0 saturated heterocycles. The fourth-order valence-corrected chi connectivity index (χ4v) is 3.00. The Balaban J connectivity index is 2.70. The van der Waals surface area contributed by atoms with Crippen LogP contribution in [0.3, 0.4) is 0 Å². The summed E-state index contributed by atoms with van der Waals surface area (Å²) in [7, 11) is -3.03. The summed E-state index contributed by atoms with van der Waals surface area (Å²) >= 11 is 0. The highest BCUT2D eigenvalue weighted by atomic mass is 31.2. The molecule has 0 heterocycles. The summed E-state index contributed by atoms with van der Waals surface area (Å²) in [6.07, 6.45) is 3.79. The molecule has 19 heavy (non-hydrogen) atoms. The molecule has 102 valence electrons. The van der Waals surface area contributed by atoms with Gasteiger partial charge in [0.1, 0.15) is 0 Å². The van der Waals surface area contributed by atoms with Crippen LogP contribution >= 0.6 is 7.60 Å². The minimum atomic E-state index is -3.03. The Morgan fingerprint density at radius 2 is 2.00 bits per heavy atom. The topological polar surface area (TPSA) is 59.3 Å². The molecule has 4 nitrogen and oxygen atoms in total. The quantitative estimate of drug-likeness (QED) is 0.711. The van der Waals surface area contributed by atoms with Crippen LogP contribution in [0.5, 0.6) is 0 Å². The average molecular weight is 279 g/mol. The van der Waals surface area contributed by atoms with Crippen LogP contribution in [0.15, 0.2) is 30.3 Å². The lowest BCUT2D eigenvalue weighted by Gasteiger charge is -2.14. The predicted octanol–water partition coefficient (Wildman–Crippen LogP) is 3.84. The summed E-state index contributed by atoms with van der Waals surface area (Å²) in [6, 6.07) is 9.27. The van der Waals surface area contributed by atoms with Crippen LogP contribution in [-0.2, 0) is 13.6 Å². The smallest absolute Gasteiger partial charge is 0.309 e. The number of hydrogen-bond donors (Lipinski definition) is 0. The van der Waals surface area contributed by atoms with E-state index >= 15 is 0 Å². The molecule has 1 aromatic carbocycles. The van der Waals surface area contributed by atoms with Crippen LogP contribution in [-0.4, -0.2) is 19.4 Å². The molecule has 0 aliphatic carbocycles. The maximum Gasteiger partial charge on any atom is 0.334 e. The highest BCUT2D eigenvalue weighted by Gasteiger charge is 2.20. The zero-order chi connectivity index (χ0) is 14.1. The van der Waals surface area contributed by atoms with Gasteiger partial charge in [-0.2, -0.15) is 5.26 Å². The second kappa shape index (κ2) is 7.91. The Bertz CT molecular complexity index is 510. The lowest BCUT2D eigenvalue weighted by atomic mass is 10.1. The molecule has 0 radical (unpaired) electrons. The van der Waals surface area contributed by atoms with Crippen molar-refractivity contribution in [2.45, 2.75) is 13.8 Å². The standard InChI is InChI=1S/C14H18NO3P/c1-3-17-19(16,18-4-2)10-6-9-13-7-5-8-14(11-13)12-15/h5-9,11H,3-4,10H2,1-2H3/b9-6+. The van der Waals surface area contributed by atoms with Crippen LogP contribution in [0, 0.1) is 11.3 Å². The zero-order valence-electron chi connectivity index (χ0n) is 11.2. The summed E-state index contributed by atoms with van der Waals surface area (Å²) in [5.74, 6) is 0. The van der Waals surface area contributed by atoms with Crippen molar-refractivity contribution in [2.24, 2.45) is 0 Å². The van der Waals surface area contributed by atoms with Crippen molar-refractivity contribution in [1.29, 1.82) is 5.26 Å². The molecule has 0 aromatic heterocycles. The van der Waals surface area contributed by atoms with E-state index < -0.39 is 7.60 Å². The van der Waals surface area contributed by atoms with Gasteiger partial charge in [0.25, 0.3) is 0 Å². The molecular formula is C14H18NO3P. The van der Waals surface area contributed by atoms with E-state index in [1.54, 1.807) is 32.1 Å². The second-order valence-corrected chi connectivity index (χ2v) is 5.87. The molecule has 0 N–H and O–H groups in total. The first-order valence-electron chi connectivity index (χ1n) is 6.18. The highest BCUT2D eigenvalue weighted by molar-refractivity contribution is 7.54. The summed E-state index contributed by atoms with van der Waals surface area (Å²) in [6.45, 7) is 4.28. The van der Waals surface area contributed by atoms with Crippen LogP contribution in [0.1, 0.15) is 25.0 Å². The van der Waals surface area contributed by atoms with Crippen LogP contribution in [0.25, 0.3) is 6.08 Å². The Morgan fingerprint density at radius 3 is 2.58 bits per heavy atom. The molecule has 0 aliphatic heterocycles. The van der Waals surface area contributed by atoms with E-state index in [4.69, 9.17) is 14.3 Å². The minimum Gasteiger partial charge on any atom is -0.309 e. The van der Waals surface area contributed by atoms with Gasteiger partial charge in [0.15, 0.2) is 0 Å². The minimum absolute atomic E-state index is 0.228. The van der Waals surface area contributed by atoms with Crippen molar-refractivity contribution < 1.29 is 13.6 Å². The van der Waals surface area contributed by atoms with Gasteiger partial charge in [0.05, 0.1) is 31.0 Å². The van der Waals surface area contributed by atoms with Crippen LogP contribution < -0.4 is 0 Å². The molecule has 0 unspecified atom stereocenters.